The maximum absolute atomic E-state index is 14.2. The van der Waals surface area contributed by atoms with Crippen LogP contribution in [0.1, 0.15) is 44.9 Å². The molecule has 1 aliphatic carbocycles. The molecular weight excluding hydrogens is 582 g/mol. The summed E-state index contributed by atoms with van der Waals surface area (Å²) in [6.45, 7) is 1.31. The Hall–Kier alpha value is -3.26. The number of hydrogen-bond donors (Lipinski definition) is 4. The molecule has 1 aromatic rings. The highest BCUT2D eigenvalue weighted by atomic mass is 16.5. The Kier molecular flexibility index (Phi) is 9.88. The van der Waals surface area contributed by atoms with Gasteiger partial charge in [-0.25, -0.2) is 0 Å². The molecule has 13 nitrogen and oxygen atoms in total. The van der Waals surface area contributed by atoms with Gasteiger partial charge in [0.25, 0.3) is 5.91 Å². The standard InChI is InChI=1S/C32H45N5O8/c38-27-14-25-29(40)30(41)26(45-25)15-33-31(42)24-18-35(11-12-37(24)28(39)19-44-22-9-5-2-6-10-22)32(43)23-13-21(34-27)17-36(23)16-20-7-3-1-4-8-20/h2,5-6,9-10,20-21,23-26,29-30,40-41H,1,3-4,7-8,11-19H2,(H,33,42)(H,34,38)/t21-,23-,24-,25-,26+,29-,30+/m0/s1. The van der Waals surface area contributed by atoms with Gasteiger partial charge in [-0.05, 0) is 37.3 Å². The molecular formula is C32H45N5O8. The average molecular weight is 628 g/mol. The second-order valence-electron chi connectivity index (χ2n) is 13.1. The zero-order valence-corrected chi connectivity index (χ0v) is 25.6. The molecule has 45 heavy (non-hydrogen) atoms. The van der Waals surface area contributed by atoms with E-state index in [-0.39, 0.29) is 63.0 Å². The number of likely N-dealkylation sites (tertiary alicyclic amines) is 1. The van der Waals surface area contributed by atoms with Crippen LogP contribution in [0.5, 0.6) is 5.75 Å². The number of carbonyl (C=O) groups is 4. The van der Waals surface area contributed by atoms with Crippen LogP contribution in [-0.4, -0.2) is 137 Å². The zero-order valence-electron chi connectivity index (χ0n) is 25.6. The van der Waals surface area contributed by atoms with Crippen LogP contribution in [0.3, 0.4) is 0 Å². The van der Waals surface area contributed by atoms with Crippen LogP contribution >= 0.6 is 0 Å². The highest BCUT2D eigenvalue weighted by Crippen LogP contribution is 2.30. The number of carbonyl (C=O) groups excluding carboxylic acids is 4. The molecule has 6 rings (SSSR count). The van der Waals surface area contributed by atoms with Gasteiger partial charge in [0.15, 0.2) is 6.61 Å². The summed E-state index contributed by atoms with van der Waals surface area (Å²) in [5.41, 5.74) is 0. The molecule has 1 saturated carbocycles. The lowest BCUT2D eigenvalue weighted by Crippen LogP contribution is -2.64. The second kappa shape index (κ2) is 14.0. The molecule has 4 aliphatic heterocycles. The van der Waals surface area contributed by atoms with Crippen molar-refractivity contribution in [1.82, 2.24) is 25.3 Å². The van der Waals surface area contributed by atoms with E-state index in [4.69, 9.17) is 9.47 Å². The third-order valence-corrected chi connectivity index (χ3v) is 10.0. The van der Waals surface area contributed by atoms with Crippen molar-refractivity contribution in [3.8, 4) is 5.75 Å². The smallest absolute Gasteiger partial charge is 0.261 e. The number of aliphatic hydroxyl groups is 2. The van der Waals surface area contributed by atoms with Gasteiger partial charge in [0.1, 0.15) is 30.1 Å². The SMILES string of the molecule is O=C1C[C@@H]2O[C@H](CNC(=O)[C@@H]3CN(CCN3C(=O)COc3ccccc3)C(=O)[C@@H]3C[C@@H](CN3CC3CCCCC3)N1)[C@@H](O)[C@H]2O. The van der Waals surface area contributed by atoms with Crippen LogP contribution in [0.4, 0.5) is 0 Å². The Balaban J connectivity index is 1.23. The van der Waals surface area contributed by atoms with E-state index in [0.717, 1.165) is 19.4 Å². The minimum absolute atomic E-state index is 0.00582. The summed E-state index contributed by atoms with van der Waals surface area (Å²) >= 11 is 0. The van der Waals surface area contributed by atoms with Gasteiger partial charge in [0, 0.05) is 38.8 Å². The van der Waals surface area contributed by atoms with Crippen molar-refractivity contribution < 1.29 is 38.9 Å². The van der Waals surface area contributed by atoms with Crippen LogP contribution < -0.4 is 15.4 Å². The molecule has 4 amide bonds. The number of ether oxygens (including phenoxy) is 2. The molecule has 4 N–H and O–H groups in total. The number of piperazine rings is 1. The summed E-state index contributed by atoms with van der Waals surface area (Å²) in [5, 5.41) is 27.1. The molecule has 1 aromatic carbocycles. The van der Waals surface area contributed by atoms with E-state index < -0.39 is 42.4 Å². The van der Waals surface area contributed by atoms with Crippen LogP contribution in [-0.2, 0) is 23.9 Å². The van der Waals surface area contributed by atoms with E-state index >= 15 is 0 Å². The summed E-state index contributed by atoms with van der Waals surface area (Å²) in [5.74, 6) is -0.282. The van der Waals surface area contributed by atoms with Crippen molar-refractivity contribution in [3.63, 3.8) is 0 Å². The van der Waals surface area contributed by atoms with Crippen LogP contribution in [0.2, 0.25) is 0 Å². The van der Waals surface area contributed by atoms with E-state index in [1.807, 2.05) is 6.07 Å². The first kappa shape index (κ1) is 31.7. The first-order valence-corrected chi connectivity index (χ1v) is 16.4. The highest BCUT2D eigenvalue weighted by molar-refractivity contribution is 5.90. The monoisotopic (exact) mass is 627 g/mol. The number of benzene rings is 1. The number of fused-ring (bicyclic) bond motifs is 6. The molecule has 5 aliphatic rings. The molecule has 13 heteroatoms. The molecule has 4 saturated heterocycles. The largest absolute Gasteiger partial charge is 0.484 e. The quantitative estimate of drug-likeness (QED) is 0.330. The topological polar surface area (TPSA) is 161 Å². The maximum Gasteiger partial charge on any atom is 0.261 e. The Morgan fingerprint density at radius 3 is 2.49 bits per heavy atom. The maximum atomic E-state index is 14.2. The first-order valence-electron chi connectivity index (χ1n) is 16.4. The lowest BCUT2D eigenvalue weighted by atomic mass is 9.89. The Morgan fingerprint density at radius 2 is 1.71 bits per heavy atom. The van der Waals surface area contributed by atoms with Crippen molar-refractivity contribution in [2.24, 2.45) is 5.92 Å². The number of nitrogens with zero attached hydrogens (tertiary/aromatic N) is 3. The number of amides is 4. The lowest BCUT2D eigenvalue weighted by molar-refractivity contribution is -0.151. The van der Waals surface area contributed by atoms with Crippen LogP contribution in [0, 0.1) is 5.92 Å². The fraction of sp³-hybridized carbons (Fsp3) is 0.688. The Bertz CT molecular complexity index is 1230. The summed E-state index contributed by atoms with van der Waals surface area (Å²) in [4.78, 5) is 59.5. The minimum atomic E-state index is -1.30. The van der Waals surface area contributed by atoms with Gasteiger partial charge in [-0.3, -0.25) is 24.1 Å². The van der Waals surface area contributed by atoms with Crippen molar-refractivity contribution in [2.45, 2.75) is 87.5 Å². The van der Waals surface area contributed by atoms with Gasteiger partial charge >= 0.3 is 0 Å². The lowest BCUT2D eigenvalue weighted by Gasteiger charge is -2.42. The minimum Gasteiger partial charge on any atom is -0.484 e. The molecule has 0 radical (unpaired) electrons. The molecule has 6 bridgehead atoms. The van der Waals surface area contributed by atoms with Crippen molar-refractivity contribution >= 4 is 23.6 Å². The van der Waals surface area contributed by atoms with E-state index in [1.54, 1.807) is 29.2 Å². The number of aliphatic hydroxyl groups excluding tert-OH is 2. The second-order valence-corrected chi connectivity index (χ2v) is 13.1. The van der Waals surface area contributed by atoms with E-state index in [2.05, 4.69) is 15.5 Å². The molecule has 246 valence electrons. The summed E-state index contributed by atoms with van der Waals surface area (Å²) < 4.78 is 11.5. The molecule has 0 spiro atoms. The Labute approximate surface area is 263 Å². The number of rotatable bonds is 5. The number of para-hydroxylation sites is 1. The van der Waals surface area contributed by atoms with E-state index in [1.165, 1.54) is 24.2 Å². The molecule has 7 atom stereocenters. The molecule has 0 unspecified atom stereocenters. The van der Waals surface area contributed by atoms with E-state index in [0.29, 0.717) is 24.6 Å². The summed E-state index contributed by atoms with van der Waals surface area (Å²) in [6.07, 6.45) is 1.60. The predicted molar refractivity (Wildman–Crippen MR) is 161 cm³/mol. The fourth-order valence-corrected chi connectivity index (χ4v) is 7.58. The number of hydrogen-bond acceptors (Lipinski definition) is 9. The van der Waals surface area contributed by atoms with Gasteiger partial charge in [-0.15, -0.1) is 0 Å². The highest BCUT2D eigenvalue weighted by Gasteiger charge is 2.47. The van der Waals surface area contributed by atoms with Crippen molar-refractivity contribution in [1.29, 1.82) is 0 Å². The van der Waals surface area contributed by atoms with Crippen LogP contribution in [0.25, 0.3) is 0 Å². The van der Waals surface area contributed by atoms with Gasteiger partial charge in [0.2, 0.25) is 17.7 Å². The zero-order chi connectivity index (χ0) is 31.5. The predicted octanol–water partition coefficient (Wildman–Crippen LogP) is -0.747. The van der Waals surface area contributed by atoms with Crippen LogP contribution in [0.15, 0.2) is 30.3 Å². The Morgan fingerprint density at radius 1 is 0.956 bits per heavy atom. The molecule has 0 aromatic heterocycles. The summed E-state index contributed by atoms with van der Waals surface area (Å²) in [7, 11) is 0. The van der Waals surface area contributed by atoms with Gasteiger partial charge in [-0.2, -0.15) is 0 Å². The van der Waals surface area contributed by atoms with Crippen molar-refractivity contribution in [2.75, 3.05) is 45.9 Å². The molecule has 5 fully saturated rings. The normalized spacial score (nSPS) is 33.6. The number of nitrogens with one attached hydrogen (secondary N) is 2. The third-order valence-electron chi connectivity index (χ3n) is 10.0. The van der Waals surface area contributed by atoms with E-state index in [9.17, 15) is 29.4 Å². The summed E-state index contributed by atoms with van der Waals surface area (Å²) in [6, 6.07) is 7.23. The van der Waals surface area contributed by atoms with Gasteiger partial charge < -0.3 is 40.1 Å². The van der Waals surface area contributed by atoms with Gasteiger partial charge in [-0.1, -0.05) is 37.5 Å². The third kappa shape index (κ3) is 7.26. The molecule has 4 heterocycles. The van der Waals surface area contributed by atoms with Crippen molar-refractivity contribution in [3.05, 3.63) is 30.3 Å². The van der Waals surface area contributed by atoms with Gasteiger partial charge in [0.05, 0.1) is 25.1 Å². The average Bonchev–Trinajstić information content (AvgIpc) is 3.57. The first-order chi connectivity index (χ1) is 21.8. The fourth-order valence-electron chi connectivity index (χ4n) is 7.58.